The zero-order valence-electron chi connectivity index (χ0n) is 39.0. The number of hydrogen-bond acceptors (Lipinski definition) is 11. The number of cyclic esters (lactones) is 1. The van der Waals surface area contributed by atoms with Crippen LogP contribution in [0.2, 0.25) is 0 Å². The molecule has 1 fully saturated rings. The summed E-state index contributed by atoms with van der Waals surface area (Å²) in [6, 6.07) is 22.4. The van der Waals surface area contributed by atoms with Crippen molar-refractivity contribution < 1.29 is 43.3 Å². The lowest BCUT2D eigenvalue weighted by Gasteiger charge is -2.31. The number of carbonyl (C=O) groups is 6. The van der Waals surface area contributed by atoms with Gasteiger partial charge in [0.05, 0.1) is 35.6 Å². The van der Waals surface area contributed by atoms with E-state index in [4.69, 9.17) is 14.5 Å². The van der Waals surface area contributed by atoms with Crippen LogP contribution in [0.4, 0.5) is 4.79 Å². The number of nitrogens with zero attached hydrogens (tertiary/aromatic N) is 4. The van der Waals surface area contributed by atoms with E-state index in [-0.39, 0.29) is 54.7 Å². The van der Waals surface area contributed by atoms with Gasteiger partial charge in [0, 0.05) is 42.1 Å². The number of benzene rings is 3. The zero-order valence-corrected chi connectivity index (χ0v) is 39.0. The number of esters is 1. The number of amides is 5. The average Bonchev–Trinajstić information content (AvgIpc) is 4.08. The van der Waals surface area contributed by atoms with Crippen LogP contribution < -0.4 is 21.5 Å². The van der Waals surface area contributed by atoms with Crippen LogP contribution >= 0.6 is 0 Å². The third-order valence-corrected chi connectivity index (χ3v) is 14.1. The summed E-state index contributed by atoms with van der Waals surface area (Å²) in [6.45, 7) is 7.11. The average molecular weight is 938 g/mol. The number of fused-ring (bicyclic) bond motifs is 8. The van der Waals surface area contributed by atoms with E-state index in [1.54, 1.807) is 22.5 Å². The second-order valence-corrected chi connectivity index (χ2v) is 18.1. The first-order valence-electron chi connectivity index (χ1n) is 23.6. The molecule has 69 heavy (non-hydrogen) atoms. The minimum absolute atomic E-state index is 0.0252. The second-order valence-electron chi connectivity index (χ2n) is 18.1. The number of aromatic nitrogens is 2. The number of carbonyl (C=O) groups excluding carboxylic acids is 6. The Balaban J connectivity index is 0.793. The maximum Gasteiger partial charge on any atom is 0.407 e. The van der Waals surface area contributed by atoms with Crippen LogP contribution in [0.5, 0.6) is 0 Å². The van der Waals surface area contributed by atoms with Gasteiger partial charge < -0.3 is 44.9 Å². The van der Waals surface area contributed by atoms with Crippen LogP contribution in [0.15, 0.2) is 83.7 Å². The summed E-state index contributed by atoms with van der Waals surface area (Å²) in [7, 11) is 0. The first-order valence-corrected chi connectivity index (χ1v) is 23.6. The number of alkyl carbamates (subject to hydrolysis) is 1. The fourth-order valence-electron chi connectivity index (χ4n) is 10.3. The van der Waals surface area contributed by atoms with Gasteiger partial charge in [-0.2, -0.15) is 0 Å². The Bertz CT molecular complexity index is 2940. The molecule has 17 heteroatoms. The Morgan fingerprint density at radius 2 is 1.59 bits per heavy atom. The lowest BCUT2D eigenvalue weighted by atomic mass is 9.86. The van der Waals surface area contributed by atoms with E-state index < -0.39 is 60.1 Å². The summed E-state index contributed by atoms with van der Waals surface area (Å²) in [4.78, 5) is 102. The fraction of sp³-hybridized carbons (Fsp3) is 0.385. The number of likely N-dealkylation sites (tertiary alicyclic amines) is 1. The van der Waals surface area contributed by atoms with Crippen molar-refractivity contribution in [3.05, 3.63) is 123 Å². The predicted molar refractivity (Wildman–Crippen MR) is 253 cm³/mol. The van der Waals surface area contributed by atoms with Crippen molar-refractivity contribution in [1.29, 1.82) is 0 Å². The molecule has 5 heterocycles. The Kier molecular flexibility index (Phi) is 12.8. The molecule has 17 nitrogen and oxygen atoms in total. The van der Waals surface area contributed by atoms with Gasteiger partial charge in [0.1, 0.15) is 31.3 Å². The Labute approximate surface area is 398 Å². The summed E-state index contributed by atoms with van der Waals surface area (Å²) < 4.78 is 12.4. The van der Waals surface area contributed by atoms with Crippen LogP contribution in [-0.2, 0) is 58.6 Å². The molecule has 2 aromatic heterocycles. The first kappa shape index (κ1) is 46.7. The van der Waals surface area contributed by atoms with Gasteiger partial charge >= 0.3 is 12.1 Å². The van der Waals surface area contributed by atoms with Gasteiger partial charge in [-0.3, -0.25) is 24.0 Å². The predicted octanol–water partition coefficient (Wildman–Crippen LogP) is 4.01. The van der Waals surface area contributed by atoms with Gasteiger partial charge in [0.25, 0.3) is 5.56 Å². The van der Waals surface area contributed by atoms with Crippen LogP contribution in [0, 0.1) is 0 Å². The highest BCUT2D eigenvalue weighted by molar-refractivity contribution is 5.94. The van der Waals surface area contributed by atoms with Gasteiger partial charge in [0.2, 0.25) is 23.6 Å². The molecule has 3 aromatic carbocycles. The topological polar surface area (TPSA) is 219 Å². The second kappa shape index (κ2) is 18.9. The molecule has 0 saturated carbocycles. The number of para-hydroxylation sites is 1. The van der Waals surface area contributed by atoms with Gasteiger partial charge in [0.15, 0.2) is 5.60 Å². The molecule has 3 aliphatic heterocycles. The molecule has 0 spiro atoms. The van der Waals surface area contributed by atoms with Crippen LogP contribution in [0.1, 0.15) is 86.3 Å². The Morgan fingerprint density at radius 1 is 0.913 bits per heavy atom. The highest BCUT2D eigenvalue weighted by Gasteiger charge is 2.46. The molecule has 5 amide bonds. The maximum atomic E-state index is 14.2. The zero-order chi connectivity index (χ0) is 48.7. The number of likely N-dealkylation sites (N-methyl/N-ethyl adjacent to an activating group) is 1. The Hall–Kier alpha value is -7.40. The van der Waals surface area contributed by atoms with Crippen LogP contribution in [0.25, 0.3) is 33.4 Å². The molecule has 0 bridgehead atoms. The molecule has 0 radical (unpaired) electrons. The molecule has 1 aliphatic carbocycles. The van der Waals surface area contributed by atoms with Gasteiger partial charge in [-0.1, -0.05) is 73.7 Å². The minimum atomic E-state index is -1.96. The molecule has 0 unspecified atom stereocenters. The van der Waals surface area contributed by atoms with E-state index in [0.717, 1.165) is 38.8 Å². The minimum Gasteiger partial charge on any atom is -0.458 e. The number of ether oxygens (including phenoxy) is 2. The SMILES string of the molecule is CCN(CCc1c2c(nc3ccccc13)-c1cc3c(c(=O)n1C2)COC(=O)[C@]3(O)CC)C(=O)[C@@H]1CCCN1C(=O)CNC(=O)[C@H](C)NC(=O)[C@H](C)NC(=O)OCC1c2ccccc2-c2ccccc21. The number of hydrogen-bond donors (Lipinski definition) is 4. The highest BCUT2D eigenvalue weighted by atomic mass is 16.6. The van der Waals surface area contributed by atoms with E-state index in [1.807, 2.05) is 79.7 Å². The molecule has 4 atom stereocenters. The lowest BCUT2D eigenvalue weighted by Crippen LogP contribution is -2.54. The molecule has 9 rings (SSSR count). The summed E-state index contributed by atoms with van der Waals surface area (Å²) in [5.74, 6) is -2.86. The molecular formula is C52H55N7O10. The third-order valence-electron chi connectivity index (χ3n) is 14.1. The summed E-state index contributed by atoms with van der Waals surface area (Å²) >= 11 is 0. The van der Waals surface area contributed by atoms with Crippen molar-refractivity contribution in [2.24, 2.45) is 0 Å². The van der Waals surface area contributed by atoms with E-state index >= 15 is 0 Å². The molecular weight excluding hydrogens is 883 g/mol. The van der Waals surface area contributed by atoms with E-state index in [1.165, 1.54) is 18.7 Å². The number of aliphatic hydroxyl groups is 1. The summed E-state index contributed by atoms with van der Waals surface area (Å²) in [5, 5.41) is 19.9. The summed E-state index contributed by atoms with van der Waals surface area (Å²) in [6.07, 6.45) is 0.699. The standard InChI is InChI=1S/C52H55N7O10/c1-5-52(67)40-24-43-45-37(26-59(43)48(63)39(40)28-68-50(52)65)35(36-18-11-12-19-41(36)56-45)21-23-57(6-2)49(64)42-20-13-22-58(42)44(60)25-53-46(61)29(3)54-47(62)30(4)55-51(66)69-27-38-33-16-9-7-14-31(33)32-15-8-10-17-34(32)38/h7-12,14-19,24,29-30,38,42,67H,5-6,13,20-23,25-28H2,1-4H3,(H,53,61)(H,54,62)(H,55,66)/t29-,30-,42-,52-/m0/s1. The fourth-order valence-corrected chi connectivity index (χ4v) is 10.3. The van der Waals surface area contributed by atoms with E-state index in [2.05, 4.69) is 16.0 Å². The lowest BCUT2D eigenvalue weighted by molar-refractivity contribution is -0.172. The van der Waals surface area contributed by atoms with E-state index in [0.29, 0.717) is 55.8 Å². The van der Waals surface area contributed by atoms with Gasteiger partial charge in [-0.25, -0.2) is 14.6 Å². The van der Waals surface area contributed by atoms with Crippen molar-refractivity contribution >= 4 is 46.6 Å². The van der Waals surface area contributed by atoms with Crippen LogP contribution in [0.3, 0.4) is 0 Å². The molecule has 4 aliphatic rings. The smallest absolute Gasteiger partial charge is 0.407 e. The van der Waals surface area contributed by atoms with Gasteiger partial charge in [-0.05, 0) is 86.4 Å². The molecule has 4 N–H and O–H groups in total. The third kappa shape index (κ3) is 8.49. The van der Waals surface area contributed by atoms with Crippen molar-refractivity contribution in [3.63, 3.8) is 0 Å². The van der Waals surface area contributed by atoms with Crippen LogP contribution in [-0.4, -0.2) is 111 Å². The quantitative estimate of drug-likeness (QED) is 0.114. The van der Waals surface area contributed by atoms with Crippen molar-refractivity contribution in [2.45, 2.75) is 96.2 Å². The van der Waals surface area contributed by atoms with Crippen molar-refractivity contribution in [3.8, 4) is 22.5 Å². The first-order chi connectivity index (χ1) is 33.2. The maximum absolute atomic E-state index is 14.2. The molecule has 1 saturated heterocycles. The van der Waals surface area contributed by atoms with Gasteiger partial charge in [-0.15, -0.1) is 0 Å². The summed E-state index contributed by atoms with van der Waals surface area (Å²) in [5.41, 5.74) is 5.89. The largest absolute Gasteiger partial charge is 0.458 e. The highest BCUT2D eigenvalue weighted by Crippen LogP contribution is 2.45. The monoisotopic (exact) mass is 937 g/mol. The molecule has 5 aromatic rings. The Morgan fingerprint density at radius 3 is 2.30 bits per heavy atom. The number of rotatable bonds is 14. The van der Waals surface area contributed by atoms with E-state index in [9.17, 15) is 38.7 Å². The van der Waals surface area contributed by atoms with Crippen molar-refractivity contribution in [1.82, 2.24) is 35.3 Å². The van der Waals surface area contributed by atoms with Crippen molar-refractivity contribution in [2.75, 3.05) is 32.8 Å². The normalized spacial score (nSPS) is 18.5. The molecule has 358 valence electrons. The number of nitrogens with one attached hydrogen (secondary N) is 3. The number of pyridine rings is 2.